The molecule has 0 aliphatic carbocycles. The monoisotopic (exact) mass is 365 g/mol. The van der Waals surface area contributed by atoms with Crippen LogP contribution in [0.3, 0.4) is 0 Å². The van der Waals surface area contributed by atoms with E-state index in [1.54, 1.807) is 0 Å². The number of nitrogens with zero attached hydrogens (tertiary/aromatic N) is 1. The van der Waals surface area contributed by atoms with Crippen molar-refractivity contribution in [3.05, 3.63) is 66.2 Å². The number of para-hydroxylation sites is 1. The van der Waals surface area contributed by atoms with E-state index in [-0.39, 0.29) is 23.8 Å². The number of anilines is 1. The van der Waals surface area contributed by atoms with E-state index < -0.39 is 0 Å². The molecule has 1 aliphatic heterocycles. The molecule has 0 saturated carbocycles. The summed E-state index contributed by atoms with van der Waals surface area (Å²) >= 11 is 0. The number of piperidine rings is 1. The maximum Gasteiger partial charge on any atom is 0.241 e. The average molecular weight is 365 g/mol. The molecule has 0 radical (unpaired) electrons. The van der Waals surface area contributed by atoms with E-state index >= 15 is 0 Å². The zero-order valence-corrected chi connectivity index (χ0v) is 15.7. The lowest BCUT2D eigenvalue weighted by molar-refractivity contribution is -0.127. The van der Waals surface area contributed by atoms with E-state index in [0.717, 1.165) is 37.2 Å². The normalized spacial score (nSPS) is 16.5. The Morgan fingerprint density at radius 2 is 1.59 bits per heavy atom. The molecule has 0 aromatic heterocycles. The summed E-state index contributed by atoms with van der Waals surface area (Å²) in [7, 11) is 0. The van der Waals surface area contributed by atoms with Gasteiger partial charge in [-0.25, -0.2) is 0 Å². The molecule has 2 N–H and O–H groups in total. The first-order valence-electron chi connectivity index (χ1n) is 9.55. The number of hydrogen-bond acceptors (Lipinski definition) is 3. The van der Waals surface area contributed by atoms with Crippen molar-refractivity contribution in [2.24, 2.45) is 5.92 Å². The first-order valence-corrected chi connectivity index (χ1v) is 9.55. The highest BCUT2D eigenvalue weighted by Gasteiger charge is 2.29. The zero-order chi connectivity index (χ0) is 19.1. The molecule has 2 amide bonds. The summed E-state index contributed by atoms with van der Waals surface area (Å²) < 4.78 is 0. The van der Waals surface area contributed by atoms with Gasteiger partial charge < -0.3 is 10.6 Å². The molecule has 1 fully saturated rings. The topological polar surface area (TPSA) is 61.4 Å². The molecule has 1 aliphatic rings. The molecule has 3 rings (SSSR count). The number of rotatable bonds is 6. The predicted octanol–water partition coefficient (Wildman–Crippen LogP) is 3.04. The van der Waals surface area contributed by atoms with Gasteiger partial charge in [-0.15, -0.1) is 0 Å². The van der Waals surface area contributed by atoms with Gasteiger partial charge in [0, 0.05) is 18.2 Å². The molecule has 5 nitrogen and oxygen atoms in total. The van der Waals surface area contributed by atoms with E-state index in [1.807, 2.05) is 67.6 Å². The van der Waals surface area contributed by atoms with Crippen molar-refractivity contribution >= 4 is 17.5 Å². The van der Waals surface area contributed by atoms with Gasteiger partial charge in [-0.2, -0.15) is 0 Å². The van der Waals surface area contributed by atoms with Crippen LogP contribution in [0.25, 0.3) is 0 Å². The number of amides is 2. The van der Waals surface area contributed by atoms with Crippen molar-refractivity contribution in [1.82, 2.24) is 10.2 Å². The van der Waals surface area contributed by atoms with Crippen LogP contribution >= 0.6 is 0 Å². The minimum atomic E-state index is -0.210. The molecule has 0 bridgehead atoms. The first kappa shape index (κ1) is 19.1. The lowest BCUT2D eigenvalue weighted by Gasteiger charge is -2.34. The predicted molar refractivity (Wildman–Crippen MR) is 107 cm³/mol. The second kappa shape index (κ2) is 9.33. The minimum Gasteiger partial charge on any atom is -0.352 e. The van der Waals surface area contributed by atoms with Crippen molar-refractivity contribution in [3.8, 4) is 0 Å². The second-order valence-corrected chi connectivity index (χ2v) is 7.04. The van der Waals surface area contributed by atoms with Gasteiger partial charge in [0.05, 0.1) is 6.04 Å². The van der Waals surface area contributed by atoms with E-state index in [0.29, 0.717) is 6.54 Å². The summed E-state index contributed by atoms with van der Waals surface area (Å²) in [6.07, 6.45) is 1.56. The number of carbonyl (C=O) groups is 2. The minimum absolute atomic E-state index is 0.00632. The van der Waals surface area contributed by atoms with Crippen molar-refractivity contribution in [1.29, 1.82) is 0 Å². The van der Waals surface area contributed by atoms with Crippen LogP contribution in [0.15, 0.2) is 60.7 Å². The third-order valence-corrected chi connectivity index (χ3v) is 5.18. The van der Waals surface area contributed by atoms with E-state index in [2.05, 4.69) is 15.5 Å². The molecule has 142 valence electrons. The SMILES string of the molecule is C[C@H](C(=O)Nc1ccccc1)N1CCC(C(=O)NCc2ccccc2)CC1. The van der Waals surface area contributed by atoms with E-state index in [9.17, 15) is 9.59 Å². The Hall–Kier alpha value is -2.66. The maximum absolute atomic E-state index is 12.5. The lowest BCUT2D eigenvalue weighted by atomic mass is 9.94. The molecule has 1 saturated heterocycles. The number of carbonyl (C=O) groups excluding carboxylic acids is 2. The largest absolute Gasteiger partial charge is 0.352 e. The van der Waals surface area contributed by atoms with Crippen LogP contribution in [0.2, 0.25) is 0 Å². The Balaban J connectivity index is 1.43. The van der Waals surface area contributed by atoms with E-state index in [4.69, 9.17) is 0 Å². The summed E-state index contributed by atoms with van der Waals surface area (Å²) in [4.78, 5) is 27.0. The van der Waals surface area contributed by atoms with Gasteiger partial charge in [-0.1, -0.05) is 48.5 Å². The van der Waals surface area contributed by atoms with Crippen LogP contribution in [0.4, 0.5) is 5.69 Å². The van der Waals surface area contributed by atoms with Crippen molar-refractivity contribution in [3.63, 3.8) is 0 Å². The van der Waals surface area contributed by atoms with Gasteiger partial charge in [0.25, 0.3) is 0 Å². The number of benzene rings is 2. The molecular weight excluding hydrogens is 338 g/mol. The summed E-state index contributed by atoms with van der Waals surface area (Å²) in [5.74, 6) is 0.127. The van der Waals surface area contributed by atoms with Crippen molar-refractivity contribution in [2.45, 2.75) is 32.4 Å². The van der Waals surface area contributed by atoms with Crippen LogP contribution in [-0.2, 0) is 16.1 Å². The molecule has 0 unspecified atom stereocenters. The fourth-order valence-electron chi connectivity index (χ4n) is 3.41. The van der Waals surface area contributed by atoms with Gasteiger partial charge in [0.2, 0.25) is 11.8 Å². The Morgan fingerprint density at radius 3 is 2.22 bits per heavy atom. The summed E-state index contributed by atoms with van der Waals surface area (Å²) in [5.41, 5.74) is 1.92. The van der Waals surface area contributed by atoms with Gasteiger partial charge in [-0.05, 0) is 50.6 Å². The van der Waals surface area contributed by atoms with E-state index in [1.165, 1.54) is 0 Å². The Kier molecular flexibility index (Phi) is 6.60. The molecular formula is C22H27N3O2. The van der Waals surface area contributed by atoms with Crippen LogP contribution in [0.1, 0.15) is 25.3 Å². The standard InChI is InChI=1S/C22H27N3O2/c1-17(21(26)24-20-10-6-3-7-11-20)25-14-12-19(13-15-25)22(27)23-16-18-8-4-2-5-9-18/h2-11,17,19H,12-16H2,1H3,(H,23,27)(H,24,26)/t17-/m1/s1. The van der Waals surface area contributed by atoms with Gasteiger partial charge in [0.1, 0.15) is 0 Å². The zero-order valence-electron chi connectivity index (χ0n) is 15.7. The Morgan fingerprint density at radius 1 is 1.00 bits per heavy atom. The average Bonchev–Trinajstić information content (AvgIpc) is 2.73. The molecule has 2 aromatic carbocycles. The molecule has 2 aromatic rings. The first-order chi connectivity index (χ1) is 13.1. The number of nitrogens with one attached hydrogen (secondary N) is 2. The number of likely N-dealkylation sites (tertiary alicyclic amines) is 1. The second-order valence-electron chi connectivity index (χ2n) is 7.04. The Labute approximate surface area is 160 Å². The van der Waals surface area contributed by atoms with Crippen LogP contribution in [-0.4, -0.2) is 35.8 Å². The smallest absolute Gasteiger partial charge is 0.241 e. The van der Waals surface area contributed by atoms with Crippen LogP contribution in [0, 0.1) is 5.92 Å². The highest BCUT2D eigenvalue weighted by atomic mass is 16.2. The third-order valence-electron chi connectivity index (χ3n) is 5.18. The van der Waals surface area contributed by atoms with Gasteiger partial charge in [0.15, 0.2) is 0 Å². The summed E-state index contributed by atoms with van der Waals surface area (Å²) in [6.45, 7) is 4.00. The summed E-state index contributed by atoms with van der Waals surface area (Å²) in [6, 6.07) is 19.2. The quantitative estimate of drug-likeness (QED) is 0.827. The molecule has 1 heterocycles. The fraction of sp³-hybridized carbons (Fsp3) is 0.364. The summed E-state index contributed by atoms with van der Waals surface area (Å²) in [5, 5.41) is 5.98. The Bertz CT molecular complexity index is 741. The van der Waals surface area contributed by atoms with Crippen LogP contribution in [0.5, 0.6) is 0 Å². The lowest BCUT2D eigenvalue weighted by Crippen LogP contribution is -2.48. The maximum atomic E-state index is 12.5. The molecule has 0 spiro atoms. The van der Waals surface area contributed by atoms with Gasteiger partial charge >= 0.3 is 0 Å². The fourth-order valence-corrected chi connectivity index (χ4v) is 3.41. The highest BCUT2D eigenvalue weighted by molar-refractivity contribution is 5.94. The van der Waals surface area contributed by atoms with Crippen molar-refractivity contribution in [2.75, 3.05) is 18.4 Å². The van der Waals surface area contributed by atoms with Crippen molar-refractivity contribution < 1.29 is 9.59 Å². The number of hydrogen-bond donors (Lipinski definition) is 2. The third kappa shape index (κ3) is 5.41. The van der Waals surface area contributed by atoms with Gasteiger partial charge in [-0.3, -0.25) is 14.5 Å². The molecule has 27 heavy (non-hydrogen) atoms. The molecule has 5 heteroatoms. The van der Waals surface area contributed by atoms with Crippen LogP contribution < -0.4 is 10.6 Å². The highest BCUT2D eigenvalue weighted by Crippen LogP contribution is 2.20. The molecule has 1 atom stereocenters.